The smallest absolute Gasteiger partial charge is 0.141 e. The summed E-state index contributed by atoms with van der Waals surface area (Å²) in [5.74, 6) is 0.274. The Morgan fingerprint density at radius 3 is 1.90 bits per heavy atom. The van der Waals surface area contributed by atoms with Crippen LogP contribution in [0.1, 0.15) is 60.9 Å². The first kappa shape index (κ1) is 22.0. The molecule has 0 aliphatic rings. The molecule has 0 radical (unpaired) electrons. The van der Waals surface area contributed by atoms with Gasteiger partial charge in [0.25, 0.3) is 0 Å². The lowest BCUT2D eigenvalue weighted by Crippen LogP contribution is -2.08. The predicted octanol–water partition coefficient (Wildman–Crippen LogP) is 7.31. The Hall–Kier alpha value is -2.67. The maximum absolute atomic E-state index is 12.6. The SMILES string of the molecule is CCCCc1ccc(CC(=O)Cc2ccc(-c3ccc(CCC)cc3)cc2C)cc1. The Bertz CT molecular complexity index is 949. The van der Waals surface area contributed by atoms with E-state index in [0.29, 0.717) is 12.8 Å². The van der Waals surface area contributed by atoms with Crippen LogP contribution in [0.2, 0.25) is 0 Å². The summed E-state index contributed by atoms with van der Waals surface area (Å²) in [6.45, 7) is 6.53. The zero-order chi connectivity index (χ0) is 21.3. The molecule has 0 heterocycles. The van der Waals surface area contributed by atoms with Crippen molar-refractivity contribution in [3.8, 4) is 11.1 Å². The number of benzene rings is 3. The molecule has 0 spiro atoms. The largest absolute Gasteiger partial charge is 0.299 e. The average molecular weight is 399 g/mol. The van der Waals surface area contributed by atoms with Crippen molar-refractivity contribution < 1.29 is 4.79 Å². The molecule has 1 nitrogen and oxygen atoms in total. The number of hydrogen-bond acceptors (Lipinski definition) is 1. The molecule has 0 saturated heterocycles. The van der Waals surface area contributed by atoms with E-state index < -0.39 is 0 Å². The number of unbranched alkanes of at least 4 members (excludes halogenated alkanes) is 1. The van der Waals surface area contributed by atoms with Crippen LogP contribution in [0.15, 0.2) is 66.7 Å². The van der Waals surface area contributed by atoms with Crippen LogP contribution < -0.4 is 0 Å². The minimum Gasteiger partial charge on any atom is -0.299 e. The Balaban J connectivity index is 1.61. The van der Waals surface area contributed by atoms with E-state index >= 15 is 0 Å². The molecule has 0 bridgehead atoms. The summed E-state index contributed by atoms with van der Waals surface area (Å²) in [6, 6.07) is 23.9. The van der Waals surface area contributed by atoms with Crippen LogP contribution in [0.3, 0.4) is 0 Å². The molecular formula is C29H34O. The molecule has 0 aliphatic carbocycles. The Kier molecular flexibility index (Phi) is 8.02. The fourth-order valence-corrected chi connectivity index (χ4v) is 3.93. The van der Waals surface area contributed by atoms with E-state index in [-0.39, 0.29) is 5.78 Å². The number of carbonyl (C=O) groups excluding carboxylic acids is 1. The highest BCUT2D eigenvalue weighted by atomic mass is 16.1. The third-order valence-corrected chi connectivity index (χ3v) is 5.80. The summed E-state index contributed by atoms with van der Waals surface area (Å²) in [4.78, 5) is 12.6. The number of carbonyl (C=O) groups is 1. The average Bonchev–Trinajstić information content (AvgIpc) is 2.75. The van der Waals surface area contributed by atoms with Gasteiger partial charge in [-0.05, 0) is 65.1 Å². The maximum Gasteiger partial charge on any atom is 0.141 e. The summed E-state index contributed by atoms with van der Waals surface area (Å²) in [5.41, 5.74) is 8.63. The number of ketones is 1. The van der Waals surface area contributed by atoms with E-state index in [1.165, 1.54) is 47.1 Å². The van der Waals surface area contributed by atoms with Gasteiger partial charge in [-0.2, -0.15) is 0 Å². The standard InChI is InChI=1S/C29H34O/c1-4-6-8-24-9-11-25(12-10-24)20-29(30)21-27-17-18-28(19-22(27)3)26-15-13-23(7-5-2)14-16-26/h9-19H,4-8,20-21H2,1-3H3. The van der Waals surface area contributed by atoms with Crippen LogP contribution in [-0.4, -0.2) is 5.78 Å². The van der Waals surface area contributed by atoms with Crippen molar-refractivity contribution >= 4 is 5.78 Å². The van der Waals surface area contributed by atoms with Gasteiger partial charge in [0.2, 0.25) is 0 Å². The molecule has 1 heteroatoms. The van der Waals surface area contributed by atoms with Gasteiger partial charge in [-0.25, -0.2) is 0 Å². The van der Waals surface area contributed by atoms with E-state index in [4.69, 9.17) is 0 Å². The minimum absolute atomic E-state index is 0.274. The second-order valence-electron chi connectivity index (χ2n) is 8.40. The van der Waals surface area contributed by atoms with Gasteiger partial charge in [-0.1, -0.05) is 93.4 Å². The van der Waals surface area contributed by atoms with Gasteiger partial charge in [0.15, 0.2) is 0 Å². The lowest BCUT2D eigenvalue weighted by atomic mass is 9.95. The predicted molar refractivity (Wildman–Crippen MR) is 128 cm³/mol. The normalized spacial score (nSPS) is 10.9. The molecule has 3 rings (SSSR count). The molecule has 0 unspecified atom stereocenters. The van der Waals surface area contributed by atoms with Crippen LogP contribution >= 0.6 is 0 Å². The van der Waals surface area contributed by atoms with Crippen LogP contribution in [0.4, 0.5) is 0 Å². The number of rotatable bonds is 10. The van der Waals surface area contributed by atoms with E-state index in [0.717, 1.165) is 24.0 Å². The van der Waals surface area contributed by atoms with Gasteiger partial charge in [0.05, 0.1) is 0 Å². The molecule has 3 aromatic rings. The monoisotopic (exact) mass is 398 g/mol. The van der Waals surface area contributed by atoms with E-state index in [1.54, 1.807) is 0 Å². The molecule has 3 aromatic carbocycles. The van der Waals surface area contributed by atoms with Crippen molar-refractivity contribution in [2.45, 2.75) is 65.7 Å². The Morgan fingerprint density at radius 1 is 0.667 bits per heavy atom. The van der Waals surface area contributed by atoms with Crippen molar-refractivity contribution in [2.24, 2.45) is 0 Å². The first-order chi connectivity index (χ1) is 14.6. The topological polar surface area (TPSA) is 17.1 Å². The van der Waals surface area contributed by atoms with E-state index in [2.05, 4.69) is 87.5 Å². The number of aryl methyl sites for hydroxylation is 3. The molecular weight excluding hydrogens is 364 g/mol. The summed E-state index contributed by atoms with van der Waals surface area (Å²) in [6.07, 6.45) is 6.86. The lowest BCUT2D eigenvalue weighted by Gasteiger charge is -2.10. The van der Waals surface area contributed by atoms with E-state index in [1.807, 2.05) is 0 Å². The number of Topliss-reactive ketones (excluding diaryl/α,β-unsaturated/α-hetero) is 1. The minimum atomic E-state index is 0.274. The Labute approximate surface area is 182 Å². The van der Waals surface area contributed by atoms with Gasteiger partial charge in [-0.15, -0.1) is 0 Å². The third-order valence-electron chi connectivity index (χ3n) is 5.80. The quantitative estimate of drug-likeness (QED) is 0.350. The fraction of sp³-hybridized carbons (Fsp3) is 0.345. The highest BCUT2D eigenvalue weighted by Crippen LogP contribution is 2.24. The van der Waals surface area contributed by atoms with Crippen molar-refractivity contribution in [3.63, 3.8) is 0 Å². The van der Waals surface area contributed by atoms with Crippen LogP contribution in [0, 0.1) is 6.92 Å². The van der Waals surface area contributed by atoms with Crippen LogP contribution in [0.5, 0.6) is 0 Å². The molecule has 0 atom stereocenters. The van der Waals surface area contributed by atoms with Gasteiger partial charge in [0, 0.05) is 12.8 Å². The van der Waals surface area contributed by atoms with Gasteiger partial charge in [-0.3, -0.25) is 4.79 Å². The Morgan fingerprint density at radius 2 is 1.27 bits per heavy atom. The highest BCUT2D eigenvalue weighted by molar-refractivity contribution is 5.83. The molecule has 0 N–H and O–H groups in total. The van der Waals surface area contributed by atoms with Crippen molar-refractivity contribution in [1.29, 1.82) is 0 Å². The molecule has 30 heavy (non-hydrogen) atoms. The van der Waals surface area contributed by atoms with Crippen LogP contribution in [-0.2, 0) is 30.5 Å². The maximum atomic E-state index is 12.6. The summed E-state index contributed by atoms with van der Waals surface area (Å²) in [5, 5.41) is 0. The van der Waals surface area contributed by atoms with Crippen molar-refractivity contribution in [2.75, 3.05) is 0 Å². The molecule has 0 aromatic heterocycles. The van der Waals surface area contributed by atoms with Gasteiger partial charge in [0.1, 0.15) is 5.78 Å². The summed E-state index contributed by atoms with van der Waals surface area (Å²) >= 11 is 0. The zero-order valence-corrected chi connectivity index (χ0v) is 18.7. The second kappa shape index (κ2) is 10.9. The summed E-state index contributed by atoms with van der Waals surface area (Å²) in [7, 11) is 0. The van der Waals surface area contributed by atoms with Crippen molar-refractivity contribution in [1.82, 2.24) is 0 Å². The first-order valence-electron chi connectivity index (χ1n) is 11.4. The molecule has 0 fully saturated rings. The highest BCUT2D eigenvalue weighted by Gasteiger charge is 2.09. The lowest BCUT2D eigenvalue weighted by molar-refractivity contribution is -0.117. The second-order valence-corrected chi connectivity index (χ2v) is 8.40. The fourth-order valence-electron chi connectivity index (χ4n) is 3.93. The van der Waals surface area contributed by atoms with Crippen LogP contribution in [0.25, 0.3) is 11.1 Å². The summed E-state index contributed by atoms with van der Waals surface area (Å²) < 4.78 is 0. The zero-order valence-electron chi connectivity index (χ0n) is 18.7. The first-order valence-corrected chi connectivity index (χ1v) is 11.4. The molecule has 0 aliphatic heterocycles. The molecule has 156 valence electrons. The molecule has 0 saturated carbocycles. The number of hydrogen-bond donors (Lipinski definition) is 0. The third kappa shape index (κ3) is 6.16. The van der Waals surface area contributed by atoms with Crippen molar-refractivity contribution in [3.05, 3.63) is 94.5 Å². The van der Waals surface area contributed by atoms with Gasteiger partial charge >= 0.3 is 0 Å². The molecule has 0 amide bonds. The van der Waals surface area contributed by atoms with Gasteiger partial charge < -0.3 is 0 Å². The van der Waals surface area contributed by atoms with E-state index in [9.17, 15) is 4.79 Å².